The van der Waals surface area contributed by atoms with Crippen molar-refractivity contribution in [2.45, 2.75) is 25.9 Å². The van der Waals surface area contributed by atoms with Crippen LogP contribution in [0.3, 0.4) is 0 Å². The van der Waals surface area contributed by atoms with Crippen molar-refractivity contribution >= 4 is 23.2 Å². The summed E-state index contributed by atoms with van der Waals surface area (Å²) in [6.07, 6.45) is 0. The van der Waals surface area contributed by atoms with Crippen LogP contribution >= 0.6 is 0 Å². The Morgan fingerprint density at radius 2 is 1.00 bits per heavy atom. The van der Waals surface area contributed by atoms with Gasteiger partial charge in [-0.15, -0.1) is 0 Å². The van der Waals surface area contributed by atoms with Gasteiger partial charge in [0.25, 0.3) is 0 Å². The van der Waals surface area contributed by atoms with Gasteiger partial charge >= 0.3 is 0 Å². The smallest absolute Gasteiger partial charge is 0.246 e. The Morgan fingerprint density at radius 1 is 0.654 bits per heavy atom. The average Bonchev–Trinajstić information content (AvgIpc) is 3.12. The minimum atomic E-state index is -0.418. The molecule has 0 spiro atoms. The highest BCUT2D eigenvalue weighted by atomic mass is 16.2. The predicted octanol–water partition coefficient (Wildman–Crippen LogP) is 2.10. The van der Waals surface area contributed by atoms with Crippen LogP contribution in [-0.2, 0) is 9.59 Å². The molecule has 2 amide bonds. The Morgan fingerprint density at radius 3 is 1.35 bits per heavy atom. The first-order valence-corrected chi connectivity index (χ1v) is 8.88. The highest BCUT2D eigenvalue weighted by Crippen LogP contribution is 2.34. The highest BCUT2D eigenvalue weighted by molar-refractivity contribution is 6.04. The maximum absolute atomic E-state index is 13.1. The third-order valence-corrected chi connectivity index (χ3v) is 5.17. The number of para-hydroxylation sites is 2. The summed E-state index contributed by atoms with van der Waals surface area (Å²) in [5.74, 6) is -0.964. The van der Waals surface area contributed by atoms with Crippen LogP contribution in [0.1, 0.15) is 13.8 Å². The Labute approximate surface area is 152 Å². The first-order chi connectivity index (χ1) is 12.6. The fraction of sp³-hybridized carbons (Fsp3) is 0.300. The predicted molar refractivity (Wildman–Crippen MR) is 100 cm³/mol. The van der Waals surface area contributed by atoms with Crippen LogP contribution in [0.4, 0.5) is 11.4 Å². The van der Waals surface area contributed by atoms with E-state index >= 15 is 0 Å². The number of carbonyl (C=O) groups excluding carboxylic acids is 2. The Hall–Kier alpha value is -2.70. The molecular weight excluding hydrogens is 328 g/mol. The van der Waals surface area contributed by atoms with E-state index in [0.717, 1.165) is 11.4 Å². The zero-order chi connectivity index (χ0) is 18.3. The summed E-state index contributed by atoms with van der Waals surface area (Å²) in [6, 6.07) is 18.7. The topological polar surface area (TPSA) is 64.7 Å². The number of anilines is 2. The lowest BCUT2D eigenvalue weighted by molar-refractivity contribution is -0.129. The number of hydrogen-bond acceptors (Lipinski definition) is 4. The van der Waals surface area contributed by atoms with Crippen molar-refractivity contribution in [1.29, 1.82) is 0 Å². The molecule has 0 aliphatic carbocycles. The molecule has 0 radical (unpaired) electrons. The van der Waals surface area contributed by atoms with E-state index in [1.54, 1.807) is 10.0 Å². The Balaban J connectivity index is 1.61. The van der Waals surface area contributed by atoms with Gasteiger partial charge < -0.3 is 0 Å². The van der Waals surface area contributed by atoms with Gasteiger partial charge in [-0.05, 0) is 38.1 Å². The van der Waals surface area contributed by atoms with Crippen molar-refractivity contribution in [2.24, 2.45) is 11.8 Å². The monoisotopic (exact) mass is 350 g/mol. The van der Waals surface area contributed by atoms with Crippen LogP contribution in [0.2, 0.25) is 0 Å². The van der Waals surface area contributed by atoms with E-state index in [1.165, 1.54) is 0 Å². The van der Waals surface area contributed by atoms with Gasteiger partial charge in [-0.3, -0.25) is 9.59 Å². The van der Waals surface area contributed by atoms with Gasteiger partial charge in [0.05, 0.1) is 23.2 Å². The Kier molecular flexibility index (Phi) is 4.22. The molecule has 2 saturated heterocycles. The van der Waals surface area contributed by atoms with E-state index in [0.29, 0.717) is 0 Å². The van der Waals surface area contributed by atoms with E-state index < -0.39 is 11.8 Å². The molecule has 2 N–H and O–H groups in total. The molecule has 4 rings (SSSR count). The maximum Gasteiger partial charge on any atom is 0.246 e. The van der Waals surface area contributed by atoms with Crippen LogP contribution in [0, 0.1) is 11.8 Å². The quantitative estimate of drug-likeness (QED) is 0.890. The molecule has 2 aromatic carbocycles. The van der Waals surface area contributed by atoms with Crippen LogP contribution in [-0.4, -0.2) is 23.9 Å². The normalized spacial score (nSPS) is 28.8. The molecule has 0 saturated carbocycles. The second-order valence-corrected chi connectivity index (χ2v) is 6.91. The van der Waals surface area contributed by atoms with Gasteiger partial charge in [-0.1, -0.05) is 36.4 Å². The zero-order valence-electron chi connectivity index (χ0n) is 14.8. The lowest BCUT2D eigenvalue weighted by atomic mass is 9.83. The highest BCUT2D eigenvalue weighted by Gasteiger charge is 2.52. The van der Waals surface area contributed by atoms with Crippen molar-refractivity contribution in [3.05, 3.63) is 60.7 Å². The van der Waals surface area contributed by atoms with Crippen LogP contribution in [0.15, 0.2) is 60.7 Å². The minimum absolute atomic E-state index is 0.0642. The number of nitrogens with zero attached hydrogens (tertiary/aromatic N) is 2. The summed E-state index contributed by atoms with van der Waals surface area (Å²) in [5, 5.41) is 3.14. The SMILES string of the molecule is CC1NN(c2ccccc2)C(=O)C1C1C(=O)N(c2ccccc2)NC1C. The number of carbonyl (C=O) groups is 2. The van der Waals surface area contributed by atoms with Crippen molar-refractivity contribution in [2.75, 3.05) is 10.0 Å². The largest absolute Gasteiger partial charge is 0.273 e. The van der Waals surface area contributed by atoms with Crippen LogP contribution < -0.4 is 20.9 Å². The fourth-order valence-electron chi connectivity index (χ4n) is 3.91. The maximum atomic E-state index is 13.1. The molecule has 4 atom stereocenters. The number of amides is 2. The molecule has 4 unspecified atom stereocenters. The van der Waals surface area contributed by atoms with Crippen LogP contribution in [0.5, 0.6) is 0 Å². The molecular formula is C20H22N4O2. The molecule has 2 aliphatic rings. The summed E-state index contributed by atoms with van der Waals surface area (Å²) < 4.78 is 0. The van der Waals surface area contributed by atoms with Crippen molar-refractivity contribution in [3.63, 3.8) is 0 Å². The molecule has 26 heavy (non-hydrogen) atoms. The number of nitrogens with one attached hydrogen (secondary N) is 2. The molecule has 2 aromatic rings. The summed E-state index contributed by atoms with van der Waals surface area (Å²) >= 11 is 0. The summed E-state index contributed by atoms with van der Waals surface area (Å²) in [7, 11) is 0. The van der Waals surface area contributed by atoms with Gasteiger partial charge in [0.1, 0.15) is 0 Å². The van der Waals surface area contributed by atoms with Gasteiger partial charge in [0.2, 0.25) is 11.8 Å². The molecule has 0 bridgehead atoms. The third kappa shape index (κ3) is 2.67. The summed E-state index contributed by atoms with van der Waals surface area (Å²) in [5.41, 5.74) is 8.03. The van der Waals surface area contributed by atoms with E-state index in [2.05, 4.69) is 10.9 Å². The fourth-order valence-corrected chi connectivity index (χ4v) is 3.91. The third-order valence-electron chi connectivity index (χ3n) is 5.17. The van der Waals surface area contributed by atoms with E-state index in [1.807, 2.05) is 74.5 Å². The van der Waals surface area contributed by atoms with Crippen LogP contribution in [0.25, 0.3) is 0 Å². The summed E-state index contributed by atoms with van der Waals surface area (Å²) in [4.78, 5) is 26.2. The van der Waals surface area contributed by atoms with Crippen molar-refractivity contribution in [3.8, 4) is 0 Å². The summed E-state index contributed by atoms with van der Waals surface area (Å²) in [6.45, 7) is 3.91. The molecule has 2 heterocycles. The molecule has 2 fully saturated rings. The van der Waals surface area contributed by atoms with Gasteiger partial charge in [0, 0.05) is 12.1 Å². The van der Waals surface area contributed by atoms with E-state index in [-0.39, 0.29) is 23.9 Å². The van der Waals surface area contributed by atoms with Gasteiger partial charge in [-0.25, -0.2) is 20.9 Å². The number of hydrogen-bond donors (Lipinski definition) is 2. The zero-order valence-corrected chi connectivity index (χ0v) is 14.8. The first kappa shape index (κ1) is 16.8. The number of benzene rings is 2. The van der Waals surface area contributed by atoms with Gasteiger partial charge in [0.15, 0.2) is 0 Å². The van der Waals surface area contributed by atoms with Crippen molar-refractivity contribution < 1.29 is 9.59 Å². The second kappa shape index (κ2) is 6.55. The van der Waals surface area contributed by atoms with Crippen molar-refractivity contribution in [1.82, 2.24) is 10.9 Å². The molecule has 6 nitrogen and oxygen atoms in total. The molecule has 134 valence electrons. The van der Waals surface area contributed by atoms with E-state index in [9.17, 15) is 9.59 Å². The average molecular weight is 350 g/mol. The standard InChI is InChI=1S/C20H22N4O2/c1-13-17(19(25)23(21-13)15-9-5-3-6-10-15)18-14(2)22-24(20(18)26)16-11-7-4-8-12-16/h3-14,17-18,21-22H,1-2H3. The lowest BCUT2D eigenvalue weighted by Gasteiger charge is -2.20. The molecule has 2 aliphatic heterocycles. The first-order valence-electron chi connectivity index (χ1n) is 8.88. The van der Waals surface area contributed by atoms with E-state index in [4.69, 9.17) is 0 Å². The minimum Gasteiger partial charge on any atom is -0.273 e. The lowest BCUT2D eigenvalue weighted by Crippen LogP contribution is -2.38. The number of rotatable bonds is 3. The molecule has 6 heteroatoms. The number of hydrazine groups is 2. The second-order valence-electron chi connectivity index (χ2n) is 6.91. The molecule has 0 aromatic heterocycles. The van der Waals surface area contributed by atoms with Gasteiger partial charge in [-0.2, -0.15) is 0 Å². The Bertz CT molecular complexity index is 742.